The fraction of sp³-hybridized carbons (Fsp3) is 0.412. The largest absolute Gasteiger partial charge is 0.348 e. The van der Waals surface area contributed by atoms with E-state index in [1.165, 1.54) is 0 Å². The number of nitrogens with zero attached hydrogens (tertiary/aromatic N) is 1. The van der Waals surface area contributed by atoms with Crippen molar-refractivity contribution in [2.45, 2.75) is 45.2 Å². The summed E-state index contributed by atoms with van der Waals surface area (Å²) in [6.45, 7) is 8.49. The summed E-state index contributed by atoms with van der Waals surface area (Å²) in [5.41, 5.74) is 7.00. The number of aromatic nitrogens is 1. The van der Waals surface area contributed by atoms with Gasteiger partial charge >= 0.3 is 0 Å². The molecule has 0 aliphatic rings. The smallest absolute Gasteiger partial charge is 0.244 e. The van der Waals surface area contributed by atoms with Gasteiger partial charge in [-0.15, -0.1) is 36.2 Å². The Kier molecular flexibility index (Phi) is 8.39. The zero-order chi connectivity index (χ0) is 16.4. The maximum atomic E-state index is 12.4. The highest BCUT2D eigenvalue weighted by molar-refractivity contribution is 7.09. The van der Waals surface area contributed by atoms with E-state index in [2.05, 4.69) is 31.1 Å². The molecule has 0 saturated heterocycles. The number of rotatable bonds is 4. The summed E-state index contributed by atoms with van der Waals surface area (Å²) in [6, 6.07) is 9.39. The Bertz CT molecular complexity index is 651. The van der Waals surface area contributed by atoms with Crippen molar-refractivity contribution >= 4 is 42.1 Å². The normalized spacial score (nSPS) is 13.2. The number of nitrogens with one attached hydrogen (secondary N) is 1. The molecule has 1 aromatic heterocycles. The third-order valence-corrected chi connectivity index (χ3v) is 4.41. The first-order valence-corrected chi connectivity index (χ1v) is 8.17. The third kappa shape index (κ3) is 5.45. The SMILES string of the molecule is CC(C)(C)c1csc(CNC(=O)C(C)(N)c2ccccc2)n1.Cl.Cl. The Labute approximate surface area is 160 Å². The molecule has 0 radical (unpaired) electrons. The van der Waals surface area contributed by atoms with E-state index in [0.717, 1.165) is 16.3 Å². The second-order valence-corrected chi connectivity index (χ2v) is 7.57. The molecule has 4 nitrogen and oxygen atoms in total. The highest BCUT2D eigenvalue weighted by Crippen LogP contribution is 2.24. The molecular formula is C17H25Cl2N3OS. The Morgan fingerprint density at radius 1 is 1.17 bits per heavy atom. The summed E-state index contributed by atoms with van der Waals surface area (Å²) in [5.74, 6) is -0.203. The van der Waals surface area contributed by atoms with Crippen molar-refractivity contribution in [2.24, 2.45) is 5.73 Å². The number of benzene rings is 1. The monoisotopic (exact) mass is 389 g/mol. The van der Waals surface area contributed by atoms with E-state index < -0.39 is 5.54 Å². The molecule has 1 unspecified atom stereocenters. The first kappa shape index (κ1) is 22.9. The lowest BCUT2D eigenvalue weighted by Gasteiger charge is -2.23. The molecule has 24 heavy (non-hydrogen) atoms. The van der Waals surface area contributed by atoms with Crippen LogP contribution in [0.25, 0.3) is 0 Å². The van der Waals surface area contributed by atoms with Gasteiger partial charge in [0.2, 0.25) is 5.91 Å². The molecule has 0 aliphatic carbocycles. The van der Waals surface area contributed by atoms with Crippen molar-refractivity contribution in [3.63, 3.8) is 0 Å². The maximum Gasteiger partial charge on any atom is 0.244 e. The molecule has 0 spiro atoms. The minimum atomic E-state index is -1.05. The summed E-state index contributed by atoms with van der Waals surface area (Å²) in [7, 11) is 0. The Balaban J connectivity index is 0.00000264. The maximum absolute atomic E-state index is 12.4. The first-order valence-electron chi connectivity index (χ1n) is 7.29. The van der Waals surface area contributed by atoms with Crippen molar-refractivity contribution in [3.05, 3.63) is 52.0 Å². The lowest BCUT2D eigenvalue weighted by atomic mass is 9.92. The Morgan fingerprint density at radius 3 is 2.25 bits per heavy atom. The second kappa shape index (κ2) is 8.81. The molecule has 1 atom stereocenters. The minimum absolute atomic E-state index is 0. The van der Waals surface area contributed by atoms with Gasteiger partial charge < -0.3 is 11.1 Å². The fourth-order valence-corrected chi connectivity index (χ4v) is 2.95. The predicted octanol–water partition coefficient (Wildman–Crippen LogP) is 3.77. The van der Waals surface area contributed by atoms with Gasteiger partial charge in [-0.2, -0.15) is 0 Å². The van der Waals surface area contributed by atoms with Crippen LogP contribution in [0.4, 0.5) is 0 Å². The molecule has 0 aliphatic heterocycles. The Morgan fingerprint density at radius 2 is 1.75 bits per heavy atom. The van der Waals surface area contributed by atoms with E-state index in [1.807, 2.05) is 35.7 Å². The van der Waals surface area contributed by atoms with Gasteiger partial charge in [-0.05, 0) is 12.5 Å². The van der Waals surface area contributed by atoms with Crippen LogP contribution < -0.4 is 11.1 Å². The van der Waals surface area contributed by atoms with Gasteiger partial charge in [0.05, 0.1) is 12.2 Å². The van der Waals surface area contributed by atoms with Crippen LogP contribution in [0.15, 0.2) is 35.7 Å². The number of hydrogen-bond acceptors (Lipinski definition) is 4. The van der Waals surface area contributed by atoms with Crippen molar-refractivity contribution in [3.8, 4) is 0 Å². The molecule has 7 heteroatoms. The molecule has 0 fully saturated rings. The summed E-state index contributed by atoms with van der Waals surface area (Å²) in [6.07, 6.45) is 0. The van der Waals surface area contributed by atoms with E-state index in [-0.39, 0.29) is 36.1 Å². The average Bonchev–Trinajstić information content (AvgIpc) is 2.94. The van der Waals surface area contributed by atoms with Crippen LogP contribution in [-0.2, 0) is 22.3 Å². The molecule has 3 N–H and O–H groups in total. The van der Waals surface area contributed by atoms with Crippen molar-refractivity contribution < 1.29 is 4.79 Å². The summed E-state index contributed by atoms with van der Waals surface area (Å²) in [4.78, 5) is 17.0. The number of halogens is 2. The highest BCUT2D eigenvalue weighted by Gasteiger charge is 2.30. The standard InChI is InChI=1S/C17H23N3OS.2ClH/c1-16(2,3)13-11-22-14(20-13)10-19-15(21)17(4,18)12-8-6-5-7-9-12;;/h5-9,11H,10,18H2,1-4H3,(H,19,21);2*1H. The fourth-order valence-electron chi connectivity index (χ4n) is 1.99. The lowest BCUT2D eigenvalue weighted by molar-refractivity contribution is -0.126. The van der Waals surface area contributed by atoms with E-state index >= 15 is 0 Å². The number of carbonyl (C=O) groups is 1. The molecule has 1 heterocycles. The predicted molar refractivity (Wildman–Crippen MR) is 105 cm³/mol. The topological polar surface area (TPSA) is 68.0 Å². The quantitative estimate of drug-likeness (QED) is 0.835. The van der Waals surface area contributed by atoms with Crippen LogP contribution in [0.3, 0.4) is 0 Å². The second-order valence-electron chi connectivity index (χ2n) is 6.63. The number of amides is 1. The van der Waals surface area contributed by atoms with E-state index in [0.29, 0.717) is 6.54 Å². The van der Waals surface area contributed by atoms with Gasteiger partial charge in [0.15, 0.2) is 0 Å². The van der Waals surface area contributed by atoms with E-state index in [9.17, 15) is 4.79 Å². The van der Waals surface area contributed by atoms with E-state index in [4.69, 9.17) is 5.73 Å². The molecule has 2 rings (SSSR count). The van der Waals surface area contributed by atoms with Crippen LogP contribution in [0.2, 0.25) is 0 Å². The summed E-state index contributed by atoms with van der Waals surface area (Å²) >= 11 is 1.56. The zero-order valence-corrected chi connectivity index (χ0v) is 16.8. The van der Waals surface area contributed by atoms with Gasteiger partial charge in [0.1, 0.15) is 10.5 Å². The molecule has 1 amide bonds. The Hall–Kier alpha value is -1.14. The van der Waals surface area contributed by atoms with Gasteiger partial charge in [-0.1, -0.05) is 51.1 Å². The minimum Gasteiger partial charge on any atom is -0.348 e. The van der Waals surface area contributed by atoms with Crippen molar-refractivity contribution in [1.82, 2.24) is 10.3 Å². The zero-order valence-electron chi connectivity index (χ0n) is 14.3. The van der Waals surface area contributed by atoms with Crippen molar-refractivity contribution in [1.29, 1.82) is 0 Å². The molecule has 2 aromatic rings. The van der Waals surface area contributed by atoms with Crippen molar-refractivity contribution in [2.75, 3.05) is 0 Å². The lowest BCUT2D eigenvalue weighted by Crippen LogP contribution is -2.48. The van der Waals surface area contributed by atoms with Crippen LogP contribution in [0.5, 0.6) is 0 Å². The molecular weight excluding hydrogens is 365 g/mol. The van der Waals surface area contributed by atoms with Crippen LogP contribution in [0.1, 0.15) is 44.0 Å². The number of thiazole rings is 1. The van der Waals surface area contributed by atoms with E-state index in [1.54, 1.807) is 18.3 Å². The number of hydrogen-bond donors (Lipinski definition) is 2. The molecule has 0 saturated carbocycles. The highest BCUT2D eigenvalue weighted by atomic mass is 35.5. The van der Waals surface area contributed by atoms with Gasteiger partial charge in [0.25, 0.3) is 0 Å². The molecule has 1 aromatic carbocycles. The summed E-state index contributed by atoms with van der Waals surface area (Å²) in [5, 5.41) is 5.82. The van der Waals surface area contributed by atoms with Crippen LogP contribution in [-0.4, -0.2) is 10.9 Å². The molecule has 134 valence electrons. The van der Waals surface area contributed by atoms with Crippen LogP contribution >= 0.6 is 36.2 Å². The number of carbonyl (C=O) groups excluding carboxylic acids is 1. The van der Waals surface area contributed by atoms with Gasteiger partial charge in [-0.3, -0.25) is 4.79 Å². The first-order chi connectivity index (χ1) is 10.2. The van der Waals surface area contributed by atoms with Crippen LogP contribution in [0, 0.1) is 0 Å². The van der Waals surface area contributed by atoms with Gasteiger partial charge in [-0.25, -0.2) is 4.98 Å². The van der Waals surface area contributed by atoms with Gasteiger partial charge in [0, 0.05) is 10.8 Å². The number of nitrogens with two attached hydrogens (primary N) is 1. The molecule has 0 bridgehead atoms. The average molecular weight is 390 g/mol. The third-order valence-electron chi connectivity index (χ3n) is 3.57. The summed E-state index contributed by atoms with van der Waals surface area (Å²) < 4.78 is 0.